The van der Waals surface area contributed by atoms with Crippen molar-refractivity contribution in [1.82, 2.24) is 0 Å². The minimum absolute atomic E-state index is 0.365. The number of hydrogen-bond acceptors (Lipinski definition) is 2. The molecule has 2 aromatic carbocycles. The van der Waals surface area contributed by atoms with Crippen molar-refractivity contribution in [1.29, 1.82) is 0 Å². The van der Waals surface area contributed by atoms with E-state index in [1.54, 1.807) is 6.07 Å². The van der Waals surface area contributed by atoms with Gasteiger partial charge in [0.05, 0.1) is 16.9 Å². The number of benzene rings is 2. The lowest BCUT2D eigenvalue weighted by Crippen LogP contribution is -2.13. The minimum Gasteiger partial charge on any atom is -0.353 e. The zero-order valence-electron chi connectivity index (χ0n) is 11.4. The molecule has 2 aromatic rings. The maximum Gasteiger partial charge on any atom is 0.416 e. The molecule has 1 N–H and O–H groups in total. The molecule has 0 aromatic heterocycles. The van der Waals surface area contributed by atoms with Gasteiger partial charge in [-0.2, -0.15) is 13.2 Å². The van der Waals surface area contributed by atoms with Crippen molar-refractivity contribution in [2.75, 3.05) is 5.32 Å². The molecule has 0 amide bonds. The number of anilines is 2. The van der Waals surface area contributed by atoms with E-state index in [1.807, 2.05) is 31.2 Å². The van der Waals surface area contributed by atoms with Gasteiger partial charge in [0.25, 0.3) is 0 Å². The van der Waals surface area contributed by atoms with Crippen molar-refractivity contribution in [3.8, 4) is 0 Å². The van der Waals surface area contributed by atoms with Crippen molar-refractivity contribution in [3.63, 3.8) is 0 Å². The van der Waals surface area contributed by atoms with Gasteiger partial charge >= 0.3 is 6.18 Å². The van der Waals surface area contributed by atoms with E-state index >= 15 is 0 Å². The van der Waals surface area contributed by atoms with E-state index in [2.05, 4.69) is 5.32 Å². The fourth-order valence-corrected chi connectivity index (χ4v) is 3.56. The highest BCUT2D eigenvalue weighted by molar-refractivity contribution is 7.99. The van der Waals surface area contributed by atoms with E-state index in [0.29, 0.717) is 24.1 Å². The van der Waals surface area contributed by atoms with Crippen LogP contribution in [0.5, 0.6) is 0 Å². The van der Waals surface area contributed by atoms with Gasteiger partial charge in [0.15, 0.2) is 0 Å². The SMILES string of the molecule is CCCc1c(C(F)(F)F)ccc2c1Nc1ccccc1S2. The number of hydrogen-bond donors (Lipinski definition) is 1. The molecule has 110 valence electrons. The Morgan fingerprint density at radius 1 is 1.05 bits per heavy atom. The largest absolute Gasteiger partial charge is 0.416 e. The number of nitrogens with one attached hydrogen (secondary N) is 1. The highest BCUT2D eigenvalue weighted by Gasteiger charge is 2.35. The molecule has 0 aliphatic carbocycles. The Morgan fingerprint density at radius 3 is 2.52 bits per heavy atom. The molecule has 0 unspecified atom stereocenters. The van der Waals surface area contributed by atoms with Crippen molar-refractivity contribution in [2.24, 2.45) is 0 Å². The summed E-state index contributed by atoms with van der Waals surface area (Å²) in [6.45, 7) is 1.89. The molecular formula is C16H14F3NS. The quantitative estimate of drug-likeness (QED) is 0.635. The zero-order chi connectivity index (χ0) is 15.0. The van der Waals surface area contributed by atoms with Crippen LogP contribution >= 0.6 is 11.8 Å². The lowest BCUT2D eigenvalue weighted by atomic mass is 10.00. The Bertz CT molecular complexity index is 680. The van der Waals surface area contributed by atoms with Crippen LogP contribution in [-0.4, -0.2) is 0 Å². The van der Waals surface area contributed by atoms with E-state index in [-0.39, 0.29) is 0 Å². The molecule has 0 saturated heterocycles. The van der Waals surface area contributed by atoms with E-state index in [0.717, 1.165) is 15.5 Å². The average Bonchev–Trinajstić information content (AvgIpc) is 2.44. The first kappa shape index (κ1) is 14.3. The molecule has 1 aliphatic heterocycles. The van der Waals surface area contributed by atoms with Crippen LogP contribution in [0.2, 0.25) is 0 Å². The third kappa shape index (κ3) is 2.62. The number of rotatable bonds is 2. The fraction of sp³-hybridized carbons (Fsp3) is 0.250. The standard InChI is InChI=1S/C16H14F3NS/c1-2-5-10-11(16(17,18)19)8-9-14-15(10)20-12-6-3-4-7-13(12)21-14/h3-4,6-9,20H,2,5H2,1H3. The molecule has 1 heterocycles. The van der Waals surface area contributed by atoms with Crippen molar-refractivity contribution in [3.05, 3.63) is 47.5 Å². The maximum absolute atomic E-state index is 13.2. The molecule has 0 fully saturated rings. The third-order valence-corrected chi connectivity index (χ3v) is 4.58. The summed E-state index contributed by atoms with van der Waals surface area (Å²) < 4.78 is 39.6. The Hall–Kier alpha value is -1.62. The lowest BCUT2D eigenvalue weighted by Gasteiger charge is -2.25. The first-order valence-electron chi connectivity index (χ1n) is 6.77. The molecule has 0 radical (unpaired) electrons. The van der Waals surface area contributed by atoms with Crippen LogP contribution in [0.15, 0.2) is 46.2 Å². The van der Waals surface area contributed by atoms with E-state index in [4.69, 9.17) is 0 Å². The highest BCUT2D eigenvalue weighted by Crippen LogP contribution is 2.48. The second kappa shape index (κ2) is 5.30. The fourth-order valence-electron chi connectivity index (χ4n) is 2.54. The normalized spacial score (nSPS) is 13.3. The second-order valence-corrected chi connectivity index (χ2v) is 6.02. The summed E-state index contributed by atoms with van der Waals surface area (Å²) in [5.74, 6) is 0. The molecule has 0 spiro atoms. The average molecular weight is 309 g/mol. The molecule has 5 heteroatoms. The first-order chi connectivity index (χ1) is 10.0. The molecule has 0 atom stereocenters. The van der Waals surface area contributed by atoms with Crippen LogP contribution in [0, 0.1) is 0 Å². The zero-order valence-corrected chi connectivity index (χ0v) is 12.2. The molecular weight excluding hydrogens is 295 g/mol. The summed E-state index contributed by atoms with van der Waals surface area (Å²) in [6, 6.07) is 10.4. The van der Waals surface area contributed by atoms with Gasteiger partial charge in [-0.15, -0.1) is 0 Å². The van der Waals surface area contributed by atoms with Crippen molar-refractivity contribution < 1.29 is 13.2 Å². The van der Waals surface area contributed by atoms with E-state index in [1.165, 1.54) is 17.8 Å². The Balaban J connectivity index is 2.14. The Labute approximate surface area is 125 Å². The van der Waals surface area contributed by atoms with Crippen LogP contribution < -0.4 is 5.32 Å². The van der Waals surface area contributed by atoms with Crippen LogP contribution in [0.25, 0.3) is 0 Å². The number of alkyl halides is 3. The Morgan fingerprint density at radius 2 is 1.81 bits per heavy atom. The van der Waals surface area contributed by atoms with Gasteiger partial charge in [0.2, 0.25) is 0 Å². The van der Waals surface area contributed by atoms with Crippen LogP contribution in [-0.2, 0) is 12.6 Å². The summed E-state index contributed by atoms with van der Waals surface area (Å²) in [5.41, 5.74) is 1.31. The van der Waals surface area contributed by atoms with Crippen LogP contribution in [0.3, 0.4) is 0 Å². The molecule has 1 aliphatic rings. The molecule has 3 rings (SSSR count). The number of fused-ring (bicyclic) bond motifs is 2. The van der Waals surface area contributed by atoms with E-state index < -0.39 is 11.7 Å². The Kier molecular flexibility index (Phi) is 3.61. The first-order valence-corrected chi connectivity index (χ1v) is 7.59. The minimum atomic E-state index is -4.32. The van der Waals surface area contributed by atoms with Gasteiger partial charge in [-0.05, 0) is 36.2 Å². The lowest BCUT2D eigenvalue weighted by molar-refractivity contribution is -0.138. The van der Waals surface area contributed by atoms with Gasteiger partial charge in [0, 0.05) is 9.79 Å². The summed E-state index contributed by atoms with van der Waals surface area (Å²) in [6.07, 6.45) is -3.23. The maximum atomic E-state index is 13.2. The predicted octanol–water partition coefficient (Wildman–Crippen LogP) is 5.87. The highest BCUT2D eigenvalue weighted by atomic mass is 32.2. The summed E-state index contributed by atoms with van der Waals surface area (Å²) in [4.78, 5) is 1.89. The topological polar surface area (TPSA) is 12.0 Å². The molecule has 1 nitrogen and oxygen atoms in total. The van der Waals surface area contributed by atoms with Gasteiger partial charge < -0.3 is 5.32 Å². The molecule has 21 heavy (non-hydrogen) atoms. The monoisotopic (exact) mass is 309 g/mol. The van der Waals surface area contributed by atoms with Gasteiger partial charge in [-0.3, -0.25) is 0 Å². The summed E-state index contributed by atoms with van der Waals surface area (Å²) in [5, 5.41) is 3.19. The predicted molar refractivity (Wildman–Crippen MR) is 79.3 cm³/mol. The summed E-state index contributed by atoms with van der Waals surface area (Å²) >= 11 is 1.51. The number of halogens is 3. The van der Waals surface area contributed by atoms with Gasteiger partial charge in [-0.25, -0.2) is 0 Å². The van der Waals surface area contributed by atoms with E-state index in [9.17, 15) is 13.2 Å². The number of para-hydroxylation sites is 1. The third-order valence-electron chi connectivity index (χ3n) is 3.45. The van der Waals surface area contributed by atoms with Crippen molar-refractivity contribution >= 4 is 23.1 Å². The molecule has 0 bridgehead atoms. The van der Waals surface area contributed by atoms with Crippen LogP contribution in [0.4, 0.5) is 24.5 Å². The van der Waals surface area contributed by atoms with Crippen LogP contribution in [0.1, 0.15) is 24.5 Å². The van der Waals surface area contributed by atoms with Crippen molar-refractivity contribution in [2.45, 2.75) is 35.7 Å². The smallest absolute Gasteiger partial charge is 0.353 e. The summed E-state index contributed by atoms with van der Waals surface area (Å²) in [7, 11) is 0. The second-order valence-electron chi connectivity index (χ2n) is 4.94. The van der Waals surface area contributed by atoms with Gasteiger partial charge in [0.1, 0.15) is 0 Å². The van der Waals surface area contributed by atoms with Gasteiger partial charge in [-0.1, -0.05) is 37.2 Å². The molecule has 0 saturated carbocycles.